The van der Waals surface area contributed by atoms with Crippen molar-refractivity contribution in [3.63, 3.8) is 0 Å². The first-order valence-corrected chi connectivity index (χ1v) is 9.34. The summed E-state index contributed by atoms with van der Waals surface area (Å²) in [4.78, 5) is 14.0. The standard InChI is InChI=1S/C14H26N2O4S/c1-3-16-9-5-6-11(16)10-15-21(18,19)13-8-4-7-12(13)14(17)20-2/h11-13,15H,3-10H2,1-2H3. The lowest BCUT2D eigenvalue weighted by Gasteiger charge is -2.24. The van der Waals surface area contributed by atoms with E-state index in [9.17, 15) is 13.2 Å². The molecule has 122 valence electrons. The summed E-state index contributed by atoms with van der Waals surface area (Å²) in [7, 11) is -2.15. The van der Waals surface area contributed by atoms with Gasteiger partial charge in [-0.2, -0.15) is 0 Å². The topological polar surface area (TPSA) is 75.7 Å². The molecule has 2 fully saturated rings. The smallest absolute Gasteiger partial charge is 0.310 e. The molecule has 0 spiro atoms. The number of methoxy groups -OCH3 is 1. The Morgan fingerprint density at radius 3 is 2.71 bits per heavy atom. The molecular formula is C14H26N2O4S. The van der Waals surface area contributed by atoms with Gasteiger partial charge >= 0.3 is 5.97 Å². The predicted octanol–water partition coefficient (Wildman–Crippen LogP) is 0.732. The summed E-state index contributed by atoms with van der Waals surface area (Å²) >= 11 is 0. The van der Waals surface area contributed by atoms with Crippen LogP contribution in [0.4, 0.5) is 0 Å². The third kappa shape index (κ3) is 3.76. The molecule has 3 unspecified atom stereocenters. The molecule has 0 aromatic rings. The molecule has 1 aliphatic carbocycles. The molecule has 1 N–H and O–H groups in total. The van der Waals surface area contributed by atoms with Crippen molar-refractivity contribution in [1.29, 1.82) is 0 Å². The van der Waals surface area contributed by atoms with E-state index in [-0.39, 0.29) is 6.04 Å². The van der Waals surface area contributed by atoms with Crippen molar-refractivity contribution in [2.75, 3.05) is 26.7 Å². The SMILES string of the molecule is CCN1CCCC1CNS(=O)(=O)C1CCCC1C(=O)OC. The highest BCUT2D eigenvalue weighted by molar-refractivity contribution is 7.90. The molecule has 1 aliphatic heterocycles. The Labute approximate surface area is 127 Å². The minimum atomic E-state index is -3.46. The van der Waals surface area contributed by atoms with Gasteiger partial charge < -0.3 is 4.74 Å². The minimum Gasteiger partial charge on any atom is -0.469 e. The summed E-state index contributed by atoms with van der Waals surface area (Å²) in [6, 6.07) is 0.280. The molecule has 0 bridgehead atoms. The van der Waals surface area contributed by atoms with E-state index in [0.717, 1.165) is 32.4 Å². The van der Waals surface area contributed by atoms with Gasteiger partial charge in [-0.15, -0.1) is 0 Å². The van der Waals surface area contributed by atoms with Gasteiger partial charge in [0.1, 0.15) is 0 Å². The maximum Gasteiger partial charge on any atom is 0.310 e. The molecule has 7 heteroatoms. The highest BCUT2D eigenvalue weighted by Gasteiger charge is 2.42. The Hall–Kier alpha value is -0.660. The highest BCUT2D eigenvalue weighted by Crippen LogP contribution is 2.31. The molecule has 0 amide bonds. The van der Waals surface area contributed by atoms with Crippen LogP contribution in [-0.4, -0.2) is 57.3 Å². The maximum absolute atomic E-state index is 12.5. The van der Waals surface area contributed by atoms with Crippen LogP contribution in [0.3, 0.4) is 0 Å². The fourth-order valence-corrected chi connectivity index (χ4v) is 5.38. The van der Waals surface area contributed by atoms with Crippen molar-refractivity contribution in [2.24, 2.45) is 5.92 Å². The number of hydrogen-bond donors (Lipinski definition) is 1. The number of nitrogens with one attached hydrogen (secondary N) is 1. The molecule has 21 heavy (non-hydrogen) atoms. The fraction of sp³-hybridized carbons (Fsp3) is 0.929. The van der Waals surface area contributed by atoms with Crippen molar-refractivity contribution in [1.82, 2.24) is 9.62 Å². The van der Waals surface area contributed by atoms with Gasteiger partial charge in [-0.25, -0.2) is 13.1 Å². The number of esters is 1. The zero-order chi connectivity index (χ0) is 15.5. The van der Waals surface area contributed by atoms with Crippen molar-refractivity contribution >= 4 is 16.0 Å². The van der Waals surface area contributed by atoms with Crippen LogP contribution in [0.5, 0.6) is 0 Å². The second kappa shape index (κ2) is 7.07. The monoisotopic (exact) mass is 318 g/mol. The number of rotatable bonds is 6. The van der Waals surface area contributed by atoms with Crippen molar-refractivity contribution in [3.05, 3.63) is 0 Å². The highest BCUT2D eigenvalue weighted by atomic mass is 32.2. The van der Waals surface area contributed by atoms with Gasteiger partial charge in [0.25, 0.3) is 0 Å². The number of likely N-dealkylation sites (tertiary alicyclic amines) is 1. The van der Waals surface area contributed by atoms with Gasteiger partial charge in [0.05, 0.1) is 18.3 Å². The second-order valence-electron chi connectivity index (χ2n) is 5.92. The lowest BCUT2D eigenvalue weighted by atomic mass is 10.1. The zero-order valence-electron chi connectivity index (χ0n) is 12.9. The van der Waals surface area contributed by atoms with E-state index < -0.39 is 27.2 Å². The Morgan fingerprint density at radius 2 is 2.05 bits per heavy atom. The predicted molar refractivity (Wildman–Crippen MR) is 80.3 cm³/mol. The van der Waals surface area contributed by atoms with Crippen LogP contribution in [0, 0.1) is 5.92 Å². The third-order valence-electron chi connectivity index (χ3n) is 4.78. The van der Waals surface area contributed by atoms with Gasteiger partial charge in [-0.1, -0.05) is 13.3 Å². The molecule has 2 aliphatic rings. The summed E-state index contributed by atoms with van der Waals surface area (Å²) in [5.41, 5.74) is 0. The Kier molecular flexibility index (Phi) is 5.62. The van der Waals surface area contributed by atoms with Crippen LogP contribution in [0.15, 0.2) is 0 Å². The van der Waals surface area contributed by atoms with Gasteiger partial charge in [-0.3, -0.25) is 9.69 Å². The number of carbonyl (C=O) groups excluding carboxylic acids is 1. The van der Waals surface area contributed by atoms with Crippen LogP contribution in [0.25, 0.3) is 0 Å². The third-order valence-corrected chi connectivity index (χ3v) is 6.71. The van der Waals surface area contributed by atoms with E-state index in [4.69, 9.17) is 4.74 Å². The first kappa shape index (κ1) is 16.7. The van der Waals surface area contributed by atoms with Crippen LogP contribution >= 0.6 is 0 Å². The summed E-state index contributed by atoms with van der Waals surface area (Å²) in [6.07, 6.45) is 4.05. The molecule has 2 rings (SSSR count). The Balaban J connectivity index is 1.96. The van der Waals surface area contributed by atoms with E-state index in [1.54, 1.807) is 0 Å². The quantitative estimate of drug-likeness (QED) is 0.731. The largest absolute Gasteiger partial charge is 0.469 e. The van der Waals surface area contributed by atoms with Gasteiger partial charge in [-0.05, 0) is 38.8 Å². The maximum atomic E-state index is 12.5. The number of carbonyl (C=O) groups is 1. The van der Waals surface area contributed by atoms with E-state index in [1.807, 2.05) is 0 Å². The van der Waals surface area contributed by atoms with Crippen molar-refractivity contribution in [3.8, 4) is 0 Å². The second-order valence-corrected chi connectivity index (χ2v) is 7.90. The summed E-state index contributed by atoms with van der Waals surface area (Å²) < 4.78 is 32.4. The van der Waals surface area contributed by atoms with Gasteiger partial charge in [0.15, 0.2) is 0 Å². The first-order chi connectivity index (χ1) is 9.99. The molecule has 3 atom stereocenters. The summed E-state index contributed by atoms with van der Waals surface area (Å²) in [5, 5.41) is -0.638. The van der Waals surface area contributed by atoms with E-state index in [1.165, 1.54) is 7.11 Å². The first-order valence-electron chi connectivity index (χ1n) is 7.80. The van der Waals surface area contributed by atoms with Crippen LogP contribution in [0.1, 0.15) is 39.0 Å². The van der Waals surface area contributed by atoms with Gasteiger partial charge in [0.2, 0.25) is 10.0 Å². The molecule has 6 nitrogen and oxygen atoms in total. The number of nitrogens with zero attached hydrogens (tertiary/aromatic N) is 1. The number of ether oxygens (including phenoxy) is 1. The summed E-state index contributed by atoms with van der Waals surface area (Å²) in [5.74, 6) is -0.919. The molecule has 1 saturated carbocycles. The number of hydrogen-bond acceptors (Lipinski definition) is 5. The Morgan fingerprint density at radius 1 is 1.29 bits per heavy atom. The summed E-state index contributed by atoms with van der Waals surface area (Å²) in [6.45, 7) is 4.52. The number of sulfonamides is 1. The van der Waals surface area contributed by atoms with Crippen LogP contribution in [0.2, 0.25) is 0 Å². The lowest BCUT2D eigenvalue weighted by molar-refractivity contribution is -0.145. The van der Waals surface area contributed by atoms with Crippen LogP contribution in [-0.2, 0) is 19.6 Å². The molecular weight excluding hydrogens is 292 g/mol. The normalized spacial score (nSPS) is 30.7. The van der Waals surface area contributed by atoms with E-state index in [0.29, 0.717) is 19.4 Å². The minimum absolute atomic E-state index is 0.280. The van der Waals surface area contributed by atoms with E-state index in [2.05, 4.69) is 16.5 Å². The molecule has 0 aromatic carbocycles. The number of likely N-dealkylation sites (N-methyl/N-ethyl adjacent to an activating group) is 1. The van der Waals surface area contributed by atoms with E-state index >= 15 is 0 Å². The lowest BCUT2D eigenvalue weighted by Crippen LogP contribution is -2.45. The van der Waals surface area contributed by atoms with Gasteiger partial charge in [0, 0.05) is 12.6 Å². The zero-order valence-corrected chi connectivity index (χ0v) is 13.7. The fourth-order valence-electron chi connectivity index (χ4n) is 3.58. The van der Waals surface area contributed by atoms with Crippen LogP contribution < -0.4 is 4.72 Å². The average molecular weight is 318 g/mol. The molecule has 0 aromatic heterocycles. The molecule has 1 heterocycles. The van der Waals surface area contributed by atoms with Crippen molar-refractivity contribution in [2.45, 2.75) is 50.3 Å². The average Bonchev–Trinajstić information content (AvgIpc) is 3.12. The van der Waals surface area contributed by atoms with Crippen molar-refractivity contribution < 1.29 is 17.9 Å². The molecule has 0 radical (unpaired) electrons. The molecule has 1 saturated heterocycles. The Bertz CT molecular complexity index is 466.